The van der Waals surface area contributed by atoms with Crippen molar-refractivity contribution in [2.24, 2.45) is 5.14 Å². The molecule has 2 aromatic rings. The summed E-state index contributed by atoms with van der Waals surface area (Å²) < 4.78 is 41.1. The van der Waals surface area contributed by atoms with Gasteiger partial charge in [0.05, 0.1) is 9.92 Å². The van der Waals surface area contributed by atoms with E-state index >= 15 is 0 Å². The maximum Gasteiger partial charge on any atom is 0.238 e. The summed E-state index contributed by atoms with van der Waals surface area (Å²) in [6, 6.07) is 10.2. The van der Waals surface area contributed by atoms with E-state index in [0.717, 1.165) is 0 Å². The molecule has 0 bridgehead atoms. The summed E-state index contributed by atoms with van der Waals surface area (Å²) in [5.41, 5.74) is 0.313. The van der Waals surface area contributed by atoms with Crippen molar-refractivity contribution in [2.45, 2.75) is 11.5 Å². The predicted molar refractivity (Wildman–Crippen MR) is 73.6 cm³/mol. The van der Waals surface area contributed by atoms with Crippen LogP contribution in [0.3, 0.4) is 0 Å². The van der Waals surface area contributed by atoms with Crippen molar-refractivity contribution in [3.63, 3.8) is 0 Å². The summed E-state index contributed by atoms with van der Waals surface area (Å²) in [5.74, 6) is -0.132. The van der Waals surface area contributed by atoms with Crippen molar-refractivity contribution in [1.82, 2.24) is 0 Å². The minimum absolute atomic E-state index is 0.0128. The summed E-state index contributed by atoms with van der Waals surface area (Å²) in [7, 11) is -3.73. The third-order valence-electron chi connectivity index (χ3n) is 2.58. The van der Waals surface area contributed by atoms with E-state index in [-0.39, 0.29) is 16.5 Å². The Morgan fingerprint density at radius 2 is 1.80 bits per heavy atom. The van der Waals surface area contributed by atoms with Gasteiger partial charge >= 0.3 is 0 Å². The number of nitrogens with two attached hydrogens (primary N) is 1. The molecular weight excluding hydrogens is 305 g/mol. The number of primary sulfonamides is 1. The van der Waals surface area contributed by atoms with E-state index in [1.165, 1.54) is 30.3 Å². The molecule has 0 spiro atoms. The van der Waals surface area contributed by atoms with Gasteiger partial charge in [0.1, 0.15) is 18.2 Å². The maximum absolute atomic E-state index is 13.6. The fourth-order valence-corrected chi connectivity index (χ4v) is 2.26. The van der Waals surface area contributed by atoms with Crippen LogP contribution in [0.25, 0.3) is 0 Å². The normalized spacial score (nSPS) is 11.3. The molecule has 0 saturated carbocycles. The van der Waals surface area contributed by atoms with Gasteiger partial charge in [-0.15, -0.1) is 0 Å². The van der Waals surface area contributed by atoms with Crippen LogP contribution in [0.1, 0.15) is 5.56 Å². The maximum atomic E-state index is 13.6. The average molecular weight is 316 g/mol. The van der Waals surface area contributed by atoms with Crippen LogP contribution < -0.4 is 9.88 Å². The summed E-state index contributed by atoms with van der Waals surface area (Å²) in [4.78, 5) is -0.0150. The summed E-state index contributed by atoms with van der Waals surface area (Å²) in [6.07, 6.45) is 0. The van der Waals surface area contributed by atoms with Crippen molar-refractivity contribution in [3.05, 3.63) is 58.9 Å². The van der Waals surface area contributed by atoms with Crippen LogP contribution in [-0.2, 0) is 16.6 Å². The Hall–Kier alpha value is -1.63. The lowest BCUT2D eigenvalue weighted by molar-refractivity contribution is 0.299. The molecule has 0 aliphatic rings. The third-order valence-corrected chi connectivity index (χ3v) is 3.80. The molecule has 0 heterocycles. The smallest absolute Gasteiger partial charge is 0.238 e. The van der Waals surface area contributed by atoms with E-state index in [9.17, 15) is 12.8 Å². The molecule has 2 aromatic carbocycles. The van der Waals surface area contributed by atoms with Gasteiger partial charge in [0.25, 0.3) is 0 Å². The second kappa shape index (κ2) is 5.78. The van der Waals surface area contributed by atoms with Crippen molar-refractivity contribution in [1.29, 1.82) is 0 Å². The first kappa shape index (κ1) is 14.8. The molecule has 7 heteroatoms. The van der Waals surface area contributed by atoms with Gasteiger partial charge in [-0.1, -0.05) is 23.7 Å². The van der Waals surface area contributed by atoms with Gasteiger partial charge in [0.15, 0.2) is 0 Å². The van der Waals surface area contributed by atoms with Gasteiger partial charge in [-0.3, -0.25) is 0 Å². The highest BCUT2D eigenvalue weighted by atomic mass is 35.5. The van der Waals surface area contributed by atoms with Crippen molar-refractivity contribution < 1.29 is 17.5 Å². The second-order valence-corrected chi connectivity index (χ2v) is 5.99. The molecule has 0 atom stereocenters. The van der Waals surface area contributed by atoms with E-state index in [2.05, 4.69) is 0 Å². The van der Waals surface area contributed by atoms with Gasteiger partial charge in [-0.05, 0) is 30.3 Å². The molecule has 106 valence electrons. The van der Waals surface area contributed by atoms with Crippen LogP contribution in [-0.4, -0.2) is 8.42 Å². The molecule has 0 aliphatic carbocycles. The Bertz CT molecular complexity index is 717. The number of benzene rings is 2. The molecule has 0 saturated heterocycles. The van der Waals surface area contributed by atoms with Crippen molar-refractivity contribution >= 4 is 21.6 Å². The lowest BCUT2D eigenvalue weighted by atomic mass is 10.2. The summed E-state index contributed by atoms with van der Waals surface area (Å²) in [5, 5.41) is 5.00. The highest BCUT2D eigenvalue weighted by molar-refractivity contribution is 7.89. The fraction of sp³-hybridized carbons (Fsp3) is 0.0769. The molecule has 2 N–H and O–H groups in total. The van der Waals surface area contributed by atoms with Crippen molar-refractivity contribution in [3.8, 4) is 5.75 Å². The van der Waals surface area contributed by atoms with E-state index in [4.69, 9.17) is 21.5 Å². The lowest BCUT2D eigenvalue weighted by Gasteiger charge is -2.08. The quantitative estimate of drug-likeness (QED) is 0.943. The molecule has 0 radical (unpaired) electrons. The molecule has 2 rings (SSSR count). The Labute approximate surface area is 121 Å². The molecular formula is C13H11ClFNO3S. The first-order valence-electron chi connectivity index (χ1n) is 5.56. The molecule has 0 fully saturated rings. The monoisotopic (exact) mass is 315 g/mol. The Kier molecular flexibility index (Phi) is 4.27. The molecule has 0 aliphatic heterocycles. The highest BCUT2D eigenvalue weighted by Crippen LogP contribution is 2.20. The largest absolute Gasteiger partial charge is 0.489 e. The number of halogens is 2. The molecule has 0 amide bonds. The van der Waals surface area contributed by atoms with E-state index in [1.54, 1.807) is 12.1 Å². The topological polar surface area (TPSA) is 69.4 Å². The van der Waals surface area contributed by atoms with Gasteiger partial charge in [0, 0.05) is 5.56 Å². The van der Waals surface area contributed by atoms with Gasteiger partial charge in [-0.2, -0.15) is 0 Å². The highest BCUT2D eigenvalue weighted by Gasteiger charge is 2.09. The Balaban J connectivity index is 2.10. The number of hydrogen-bond donors (Lipinski definition) is 1. The third kappa shape index (κ3) is 3.47. The minimum Gasteiger partial charge on any atom is -0.489 e. The average Bonchev–Trinajstić information content (AvgIpc) is 2.40. The minimum atomic E-state index is -3.73. The van der Waals surface area contributed by atoms with Crippen molar-refractivity contribution in [2.75, 3.05) is 0 Å². The first-order valence-corrected chi connectivity index (χ1v) is 7.49. The van der Waals surface area contributed by atoms with E-state index in [0.29, 0.717) is 11.3 Å². The number of ether oxygens (including phenoxy) is 1. The SMILES string of the molecule is NS(=O)(=O)c1ccc(OCc2cccc(Cl)c2F)cc1. The summed E-state index contributed by atoms with van der Waals surface area (Å²) in [6.45, 7) is -0.0128. The van der Waals surface area contributed by atoms with Gasteiger partial charge < -0.3 is 4.74 Å². The first-order chi connectivity index (χ1) is 9.38. The summed E-state index contributed by atoms with van der Waals surface area (Å²) >= 11 is 5.66. The van der Waals surface area contributed by atoms with Crippen LogP contribution >= 0.6 is 11.6 Å². The number of sulfonamides is 1. The predicted octanol–water partition coefficient (Wildman–Crippen LogP) is 2.71. The van der Waals surface area contributed by atoms with Crippen LogP contribution in [0, 0.1) is 5.82 Å². The van der Waals surface area contributed by atoms with Gasteiger partial charge in [0.2, 0.25) is 10.0 Å². The zero-order valence-corrected chi connectivity index (χ0v) is 11.8. The van der Waals surface area contributed by atoms with Crippen LogP contribution in [0.15, 0.2) is 47.4 Å². The zero-order chi connectivity index (χ0) is 14.8. The molecule has 20 heavy (non-hydrogen) atoms. The second-order valence-electron chi connectivity index (χ2n) is 4.02. The molecule has 0 aromatic heterocycles. The fourth-order valence-electron chi connectivity index (χ4n) is 1.55. The number of hydrogen-bond acceptors (Lipinski definition) is 3. The van der Waals surface area contributed by atoms with Crippen LogP contribution in [0.4, 0.5) is 4.39 Å². The zero-order valence-electron chi connectivity index (χ0n) is 10.2. The van der Waals surface area contributed by atoms with Crippen LogP contribution in [0.2, 0.25) is 5.02 Å². The van der Waals surface area contributed by atoms with E-state index < -0.39 is 15.8 Å². The lowest BCUT2D eigenvalue weighted by Crippen LogP contribution is -2.11. The Morgan fingerprint density at radius 3 is 2.40 bits per heavy atom. The van der Waals surface area contributed by atoms with E-state index in [1.807, 2.05) is 0 Å². The van der Waals surface area contributed by atoms with Gasteiger partial charge in [-0.25, -0.2) is 17.9 Å². The molecule has 0 unspecified atom stereocenters. The Morgan fingerprint density at radius 1 is 1.15 bits per heavy atom. The van der Waals surface area contributed by atoms with Crippen LogP contribution in [0.5, 0.6) is 5.75 Å². The number of rotatable bonds is 4. The standard InChI is InChI=1S/C13H11ClFNO3S/c14-12-3-1-2-9(13(12)15)8-19-10-4-6-11(7-5-10)20(16,17)18/h1-7H,8H2,(H2,16,17,18). The molecule has 4 nitrogen and oxygen atoms in total.